The standard InChI is InChI=1S/C12H15BrN2O/c1-7-10-6-9(13)5-8(3-2-4-14)11(10)15-12(7)16/h5-7H,2-4,14H2,1H3,(H,15,16). The highest BCUT2D eigenvalue weighted by Gasteiger charge is 2.28. The van der Waals surface area contributed by atoms with Crippen LogP contribution in [-0.4, -0.2) is 12.5 Å². The molecule has 0 radical (unpaired) electrons. The SMILES string of the molecule is CC1C(=O)Nc2c(CCCN)cc(Br)cc21. The number of carbonyl (C=O) groups excluding carboxylic acids is 1. The smallest absolute Gasteiger partial charge is 0.231 e. The third kappa shape index (κ3) is 1.99. The number of anilines is 1. The molecule has 1 aromatic rings. The van der Waals surface area contributed by atoms with E-state index in [1.807, 2.05) is 13.0 Å². The number of aryl methyl sites for hydroxylation is 1. The minimum atomic E-state index is -0.0517. The highest BCUT2D eigenvalue weighted by molar-refractivity contribution is 9.10. The average molecular weight is 283 g/mol. The number of benzene rings is 1. The fraction of sp³-hybridized carbons (Fsp3) is 0.417. The van der Waals surface area contributed by atoms with Gasteiger partial charge in [-0.3, -0.25) is 4.79 Å². The van der Waals surface area contributed by atoms with E-state index in [0.29, 0.717) is 6.54 Å². The van der Waals surface area contributed by atoms with Crippen LogP contribution in [0.25, 0.3) is 0 Å². The van der Waals surface area contributed by atoms with Gasteiger partial charge in [0.05, 0.1) is 5.92 Å². The Morgan fingerprint density at radius 3 is 2.94 bits per heavy atom. The van der Waals surface area contributed by atoms with Gasteiger partial charge in [-0.25, -0.2) is 0 Å². The molecule has 0 aliphatic carbocycles. The summed E-state index contributed by atoms with van der Waals surface area (Å²) in [6, 6.07) is 4.08. The van der Waals surface area contributed by atoms with Crippen molar-refractivity contribution in [1.82, 2.24) is 0 Å². The van der Waals surface area contributed by atoms with Crippen LogP contribution in [0, 0.1) is 0 Å². The summed E-state index contributed by atoms with van der Waals surface area (Å²) >= 11 is 3.48. The first-order valence-corrected chi connectivity index (χ1v) is 6.26. The third-order valence-corrected chi connectivity index (χ3v) is 3.43. The molecule has 1 amide bonds. The summed E-state index contributed by atoms with van der Waals surface area (Å²) in [5.74, 6) is 0.0335. The van der Waals surface area contributed by atoms with E-state index < -0.39 is 0 Å². The van der Waals surface area contributed by atoms with Crippen LogP contribution >= 0.6 is 15.9 Å². The van der Waals surface area contributed by atoms with Crippen molar-refractivity contribution in [3.05, 3.63) is 27.7 Å². The van der Waals surface area contributed by atoms with Crippen molar-refractivity contribution in [3.8, 4) is 0 Å². The molecule has 1 aliphatic rings. The molecule has 1 aliphatic heterocycles. The lowest BCUT2D eigenvalue weighted by molar-refractivity contribution is -0.116. The van der Waals surface area contributed by atoms with Gasteiger partial charge in [-0.15, -0.1) is 0 Å². The molecule has 16 heavy (non-hydrogen) atoms. The molecule has 86 valence electrons. The minimum absolute atomic E-state index is 0.0517. The van der Waals surface area contributed by atoms with E-state index in [1.165, 1.54) is 5.56 Å². The third-order valence-electron chi connectivity index (χ3n) is 2.97. The molecule has 1 atom stereocenters. The monoisotopic (exact) mass is 282 g/mol. The van der Waals surface area contributed by atoms with Gasteiger partial charge in [0.15, 0.2) is 0 Å². The molecular formula is C12H15BrN2O. The maximum absolute atomic E-state index is 11.6. The Morgan fingerprint density at radius 2 is 2.25 bits per heavy atom. The molecule has 3 N–H and O–H groups in total. The van der Waals surface area contributed by atoms with Gasteiger partial charge < -0.3 is 11.1 Å². The quantitative estimate of drug-likeness (QED) is 0.895. The largest absolute Gasteiger partial charge is 0.330 e. The summed E-state index contributed by atoms with van der Waals surface area (Å²) in [4.78, 5) is 11.6. The van der Waals surface area contributed by atoms with Crippen LogP contribution in [0.1, 0.15) is 30.4 Å². The Labute approximate surface area is 104 Å². The van der Waals surface area contributed by atoms with Gasteiger partial charge in [0.25, 0.3) is 0 Å². The lowest BCUT2D eigenvalue weighted by Gasteiger charge is -2.09. The van der Waals surface area contributed by atoms with Gasteiger partial charge in [-0.05, 0) is 49.6 Å². The number of carbonyl (C=O) groups is 1. The first-order chi connectivity index (χ1) is 7.63. The van der Waals surface area contributed by atoms with Crippen LogP contribution in [0.15, 0.2) is 16.6 Å². The Morgan fingerprint density at radius 1 is 1.50 bits per heavy atom. The average Bonchev–Trinajstić information content (AvgIpc) is 2.53. The topological polar surface area (TPSA) is 55.1 Å². The molecular weight excluding hydrogens is 268 g/mol. The van der Waals surface area contributed by atoms with Crippen LogP contribution < -0.4 is 11.1 Å². The van der Waals surface area contributed by atoms with Gasteiger partial charge in [0, 0.05) is 10.2 Å². The minimum Gasteiger partial charge on any atom is -0.330 e. The van der Waals surface area contributed by atoms with Gasteiger partial charge in [0.1, 0.15) is 0 Å². The summed E-state index contributed by atoms with van der Waals surface area (Å²) in [6.07, 6.45) is 1.85. The summed E-state index contributed by atoms with van der Waals surface area (Å²) in [5, 5.41) is 2.95. The van der Waals surface area contributed by atoms with E-state index in [0.717, 1.165) is 28.6 Å². The normalized spacial score (nSPS) is 18.4. The van der Waals surface area contributed by atoms with E-state index in [4.69, 9.17) is 5.73 Å². The molecule has 1 aromatic carbocycles. The molecule has 2 rings (SSSR count). The van der Waals surface area contributed by atoms with Gasteiger partial charge in [0.2, 0.25) is 5.91 Å². The number of hydrogen-bond donors (Lipinski definition) is 2. The Hall–Kier alpha value is -0.870. The zero-order chi connectivity index (χ0) is 11.7. The maximum atomic E-state index is 11.6. The van der Waals surface area contributed by atoms with Gasteiger partial charge in [-0.2, -0.15) is 0 Å². The van der Waals surface area contributed by atoms with Crippen LogP contribution in [-0.2, 0) is 11.2 Å². The summed E-state index contributed by atoms with van der Waals surface area (Å²) in [6.45, 7) is 2.60. The summed E-state index contributed by atoms with van der Waals surface area (Å²) < 4.78 is 1.03. The number of nitrogens with one attached hydrogen (secondary N) is 1. The van der Waals surface area contributed by atoms with Crippen molar-refractivity contribution in [3.63, 3.8) is 0 Å². The number of fused-ring (bicyclic) bond motifs is 1. The maximum Gasteiger partial charge on any atom is 0.231 e. The van der Waals surface area contributed by atoms with E-state index in [2.05, 4.69) is 27.3 Å². The fourth-order valence-corrected chi connectivity index (χ4v) is 2.57. The second kappa shape index (κ2) is 4.55. The van der Waals surface area contributed by atoms with Crippen molar-refractivity contribution >= 4 is 27.5 Å². The lowest BCUT2D eigenvalue weighted by atomic mass is 9.98. The molecule has 4 heteroatoms. The van der Waals surface area contributed by atoms with Crippen molar-refractivity contribution in [1.29, 1.82) is 0 Å². The zero-order valence-corrected chi connectivity index (χ0v) is 10.8. The van der Waals surface area contributed by atoms with Crippen LogP contribution in [0.4, 0.5) is 5.69 Å². The molecule has 0 spiro atoms. The van der Waals surface area contributed by atoms with Crippen molar-refractivity contribution < 1.29 is 4.79 Å². The molecule has 0 aromatic heterocycles. The first kappa shape index (κ1) is 11.6. The van der Waals surface area contributed by atoms with Crippen LogP contribution in [0.2, 0.25) is 0 Å². The second-order valence-electron chi connectivity index (χ2n) is 4.13. The number of halogens is 1. The van der Waals surface area contributed by atoms with E-state index in [9.17, 15) is 4.79 Å². The highest BCUT2D eigenvalue weighted by Crippen LogP contribution is 2.37. The van der Waals surface area contributed by atoms with E-state index >= 15 is 0 Å². The van der Waals surface area contributed by atoms with E-state index in [-0.39, 0.29) is 11.8 Å². The Kier molecular flexibility index (Phi) is 3.30. The van der Waals surface area contributed by atoms with Crippen molar-refractivity contribution in [2.45, 2.75) is 25.7 Å². The number of rotatable bonds is 3. The molecule has 1 heterocycles. The first-order valence-electron chi connectivity index (χ1n) is 5.46. The van der Waals surface area contributed by atoms with E-state index in [1.54, 1.807) is 0 Å². The highest BCUT2D eigenvalue weighted by atomic mass is 79.9. The van der Waals surface area contributed by atoms with Crippen molar-refractivity contribution in [2.75, 3.05) is 11.9 Å². The second-order valence-corrected chi connectivity index (χ2v) is 5.05. The summed E-state index contributed by atoms with van der Waals surface area (Å²) in [5.41, 5.74) is 8.77. The molecule has 0 saturated carbocycles. The van der Waals surface area contributed by atoms with Crippen molar-refractivity contribution in [2.24, 2.45) is 5.73 Å². The van der Waals surface area contributed by atoms with Crippen LogP contribution in [0.3, 0.4) is 0 Å². The van der Waals surface area contributed by atoms with Crippen LogP contribution in [0.5, 0.6) is 0 Å². The molecule has 1 unspecified atom stereocenters. The fourth-order valence-electron chi connectivity index (χ4n) is 2.04. The number of amides is 1. The number of hydrogen-bond acceptors (Lipinski definition) is 2. The zero-order valence-electron chi connectivity index (χ0n) is 9.22. The predicted octanol–water partition coefficient (Wildman–Crippen LogP) is 2.40. The van der Waals surface area contributed by atoms with Gasteiger partial charge >= 0.3 is 0 Å². The molecule has 3 nitrogen and oxygen atoms in total. The lowest BCUT2D eigenvalue weighted by Crippen LogP contribution is -2.09. The molecule has 0 bridgehead atoms. The number of nitrogens with two attached hydrogens (primary N) is 1. The Balaban J connectivity index is 2.40. The summed E-state index contributed by atoms with van der Waals surface area (Å²) in [7, 11) is 0. The van der Waals surface area contributed by atoms with Gasteiger partial charge in [-0.1, -0.05) is 15.9 Å². The molecule has 0 fully saturated rings. The molecule has 0 saturated heterocycles. The predicted molar refractivity (Wildman–Crippen MR) is 68.6 cm³/mol. The Bertz CT molecular complexity index is 431.